The summed E-state index contributed by atoms with van der Waals surface area (Å²) in [6.45, 7) is 4.78. The van der Waals surface area contributed by atoms with Crippen molar-refractivity contribution < 1.29 is 14.3 Å². The first-order valence-corrected chi connectivity index (χ1v) is 7.65. The molecule has 1 fully saturated rings. The van der Waals surface area contributed by atoms with Crippen molar-refractivity contribution in [3.63, 3.8) is 0 Å². The van der Waals surface area contributed by atoms with Crippen LogP contribution in [0.15, 0.2) is 24.3 Å². The molecule has 0 spiro atoms. The average molecular weight is 291 g/mol. The van der Waals surface area contributed by atoms with Gasteiger partial charge in [-0.05, 0) is 42.9 Å². The normalized spacial score (nSPS) is 20.4. The third-order valence-corrected chi connectivity index (χ3v) is 3.78. The van der Waals surface area contributed by atoms with Crippen LogP contribution in [0.3, 0.4) is 0 Å². The Kier molecular flexibility index (Phi) is 5.62. The Labute approximate surface area is 126 Å². The molecule has 2 unspecified atom stereocenters. The van der Waals surface area contributed by atoms with Crippen LogP contribution in [0.4, 0.5) is 0 Å². The standard InChI is InChI=1S/C17H25NO3/c1-12(2)10-11-21-17(19)16-15(18-16)9-6-13-4-7-14(20-3)8-5-13/h4-5,7-8,12,15-16,18H,6,9-11H2,1-3H3. The van der Waals surface area contributed by atoms with Crippen molar-refractivity contribution in [3.8, 4) is 5.75 Å². The number of hydrogen-bond acceptors (Lipinski definition) is 4. The van der Waals surface area contributed by atoms with Crippen LogP contribution >= 0.6 is 0 Å². The SMILES string of the molecule is COc1ccc(CCC2NC2C(=O)OCCC(C)C)cc1. The summed E-state index contributed by atoms with van der Waals surface area (Å²) in [6, 6.07) is 8.23. The third-order valence-electron chi connectivity index (χ3n) is 3.78. The summed E-state index contributed by atoms with van der Waals surface area (Å²) in [4.78, 5) is 11.8. The Balaban J connectivity index is 1.65. The van der Waals surface area contributed by atoms with E-state index in [1.165, 1.54) is 5.56 Å². The van der Waals surface area contributed by atoms with Gasteiger partial charge in [0.15, 0.2) is 0 Å². The number of benzene rings is 1. The summed E-state index contributed by atoms with van der Waals surface area (Å²) < 4.78 is 10.4. The van der Waals surface area contributed by atoms with E-state index in [0.717, 1.165) is 25.0 Å². The van der Waals surface area contributed by atoms with E-state index in [1.54, 1.807) is 7.11 Å². The van der Waals surface area contributed by atoms with Crippen LogP contribution in [0.1, 0.15) is 32.3 Å². The van der Waals surface area contributed by atoms with E-state index in [1.807, 2.05) is 12.1 Å². The second kappa shape index (κ2) is 7.46. The molecule has 21 heavy (non-hydrogen) atoms. The fourth-order valence-corrected chi connectivity index (χ4v) is 2.26. The van der Waals surface area contributed by atoms with Crippen LogP contribution in [-0.4, -0.2) is 31.8 Å². The molecule has 1 N–H and O–H groups in total. The van der Waals surface area contributed by atoms with Crippen LogP contribution in [-0.2, 0) is 16.0 Å². The summed E-state index contributed by atoms with van der Waals surface area (Å²) >= 11 is 0. The molecule has 4 nitrogen and oxygen atoms in total. The summed E-state index contributed by atoms with van der Waals surface area (Å²) in [7, 11) is 1.67. The van der Waals surface area contributed by atoms with Crippen molar-refractivity contribution in [1.29, 1.82) is 0 Å². The lowest BCUT2D eigenvalue weighted by atomic mass is 10.1. The summed E-state index contributed by atoms with van der Waals surface area (Å²) in [5.41, 5.74) is 1.26. The fraction of sp³-hybridized carbons (Fsp3) is 0.588. The molecule has 1 heterocycles. The second-order valence-electron chi connectivity index (χ2n) is 5.99. The van der Waals surface area contributed by atoms with Gasteiger partial charge in [0.25, 0.3) is 0 Å². The van der Waals surface area contributed by atoms with Crippen LogP contribution in [0.5, 0.6) is 5.75 Å². The van der Waals surface area contributed by atoms with Crippen LogP contribution in [0.2, 0.25) is 0 Å². The molecule has 1 aliphatic heterocycles. The van der Waals surface area contributed by atoms with Crippen molar-refractivity contribution in [2.45, 2.75) is 45.2 Å². The molecule has 0 saturated carbocycles. The molecule has 116 valence electrons. The second-order valence-corrected chi connectivity index (χ2v) is 5.99. The number of methoxy groups -OCH3 is 1. The average Bonchev–Trinajstić information content (AvgIpc) is 3.25. The lowest BCUT2D eigenvalue weighted by molar-refractivity contribution is -0.143. The van der Waals surface area contributed by atoms with Crippen LogP contribution in [0, 0.1) is 5.92 Å². The van der Waals surface area contributed by atoms with Gasteiger partial charge in [0.2, 0.25) is 0 Å². The monoisotopic (exact) mass is 291 g/mol. The van der Waals surface area contributed by atoms with E-state index < -0.39 is 0 Å². The topological polar surface area (TPSA) is 57.5 Å². The number of aryl methyl sites for hydroxylation is 1. The highest BCUT2D eigenvalue weighted by Gasteiger charge is 2.42. The van der Waals surface area contributed by atoms with E-state index >= 15 is 0 Å². The molecule has 0 radical (unpaired) electrons. The van der Waals surface area contributed by atoms with Gasteiger partial charge in [0, 0.05) is 6.04 Å². The van der Waals surface area contributed by atoms with Crippen molar-refractivity contribution in [1.82, 2.24) is 5.32 Å². The fourth-order valence-electron chi connectivity index (χ4n) is 2.26. The van der Waals surface area contributed by atoms with E-state index in [2.05, 4.69) is 31.3 Å². The van der Waals surface area contributed by atoms with E-state index in [0.29, 0.717) is 12.5 Å². The highest BCUT2D eigenvalue weighted by Crippen LogP contribution is 2.20. The molecule has 0 aromatic heterocycles. The van der Waals surface area contributed by atoms with E-state index in [9.17, 15) is 4.79 Å². The molecule has 2 rings (SSSR count). The highest BCUT2D eigenvalue weighted by molar-refractivity contribution is 5.80. The molecule has 0 aliphatic carbocycles. The van der Waals surface area contributed by atoms with Crippen molar-refractivity contribution in [2.24, 2.45) is 5.92 Å². The zero-order chi connectivity index (χ0) is 15.2. The molecular weight excluding hydrogens is 266 g/mol. The minimum atomic E-state index is -0.101. The Bertz CT molecular complexity index is 456. The van der Waals surface area contributed by atoms with Gasteiger partial charge in [-0.3, -0.25) is 10.1 Å². The molecular formula is C17H25NO3. The zero-order valence-electron chi connectivity index (χ0n) is 13.1. The maximum absolute atomic E-state index is 11.8. The number of hydrogen-bond donors (Lipinski definition) is 1. The quantitative estimate of drug-likeness (QED) is 0.591. The van der Waals surface area contributed by atoms with Crippen molar-refractivity contribution in [3.05, 3.63) is 29.8 Å². The lowest BCUT2D eigenvalue weighted by Crippen LogP contribution is -2.16. The Morgan fingerprint density at radius 3 is 2.62 bits per heavy atom. The van der Waals surface area contributed by atoms with Gasteiger partial charge in [0.05, 0.1) is 13.7 Å². The zero-order valence-corrected chi connectivity index (χ0v) is 13.1. The van der Waals surface area contributed by atoms with Gasteiger partial charge in [-0.2, -0.15) is 0 Å². The first-order valence-electron chi connectivity index (χ1n) is 7.65. The number of carbonyl (C=O) groups excluding carboxylic acids is 1. The first kappa shape index (κ1) is 15.8. The predicted octanol–water partition coefficient (Wildman–Crippen LogP) is 2.56. The highest BCUT2D eigenvalue weighted by atomic mass is 16.5. The molecule has 2 atom stereocenters. The summed E-state index contributed by atoms with van der Waals surface area (Å²) in [5.74, 6) is 1.33. The maximum Gasteiger partial charge on any atom is 0.324 e. The third kappa shape index (κ3) is 5.05. The largest absolute Gasteiger partial charge is 0.497 e. The molecule has 1 saturated heterocycles. The molecule has 4 heteroatoms. The molecule has 0 bridgehead atoms. The Morgan fingerprint density at radius 1 is 1.29 bits per heavy atom. The summed E-state index contributed by atoms with van der Waals surface area (Å²) in [6.07, 6.45) is 2.84. The van der Waals surface area contributed by atoms with Crippen LogP contribution in [0.25, 0.3) is 0 Å². The minimum Gasteiger partial charge on any atom is -0.497 e. The Morgan fingerprint density at radius 2 is 2.00 bits per heavy atom. The van der Waals surface area contributed by atoms with Crippen LogP contribution < -0.4 is 10.1 Å². The minimum absolute atomic E-state index is 0.101. The van der Waals surface area contributed by atoms with Gasteiger partial charge in [0.1, 0.15) is 11.8 Å². The van der Waals surface area contributed by atoms with Crippen molar-refractivity contribution >= 4 is 5.97 Å². The number of nitrogens with one attached hydrogen (secondary N) is 1. The molecule has 1 aliphatic rings. The maximum atomic E-state index is 11.8. The molecule has 0 amide bonds. The molecule has 1 aromatic rings. The number of ether oxygens (including phenoxy) is 2. The lowest BCUT2D eigenvalue weighted by Gasteiger charge is -2.06. The van der Waals surface area contributed by atoms with Gasteiger partial charge in [-0.15, -0.1) is 0 Å². The smallest absolute Gasteiger partial charge is 0.324 e. The molecule has 1 aromatic carbocycles. The number of esters is 1. The van der Waals surface area contributed by atoms with Gasteiger partial charge in [-0.25, -0.2) is 0 Å². The van der Waals surface area contributed by atoms with E-state index in [-0.39, 0.29) is 18.1 Å². The Hall–Kier alpha value is -1.55. The van der Waals surface area contributed by atoms with Crippen molar-refractivity contribution in [2.75, 3.05) is 13.7 Å². The number of carbonyl (C=O) groups is 1. The predicted molar refractivity (Wildman–Crippen MR) is 82.4 cm³/mol. The van der Waals surface area contributed by atoms with E-state index in [4.69, 9.17) is 9.47 Å². The van der Waals surface area contributed by atoms with Gasteiger partial charge in [-0.1, -0.05) is 26.0 Å². The summed E-state index contributed by atoms with van der Waals surface area (Å²) in [5, 5.41) is 3.20. The van der Waals surface area contributed by atoms with Gasteiger partial charge < -0.3 is 9.47 Å². The first-order chi connectivity index (χ1) is 10.1. The number of rotatable bonds is 8. The van der Waals surface area contributed by atoms with Gasteiger partial charge >= 0.3 is 5.97 Å².